The quantitative estimate of drug-likeness (QED) is 0.0137. The highest BCUT2D eigenvalue weighted by Crippen LogP contribution is 2.21. The zero-order valence-electron chi connectivity index (χ0n) is 42.9. The van der Waals surface area contributed by atoms with Crippen LogP contribution in [0.1, 0.15) is 89.2 Å². The van der Waals surface area contributed by atoms with Gasteiger partial charge in [-0.15, -0.1) is 0 Å². The van der Waals surface area contributed by atoms with Crippen molar-refractivity contribution in [3.63, 3.8) is 0 Å². The van der Waals surface area contributed by atoms with Crippen molar-refractivity contribution in [3.8, 4) is 0 Å². The van der Waals surface area contributed by atoms with Gasteiger partial charge in [0, 0.05) is 32.4 Å². The van der Waals surface area contributed by atoms with E-state index in [1.807, 2.05) is 0 Å². The topological polar surface area (TPSA) is 424 Å². The van der Waals surface area contributed by atoms with Crippen LogP contribution in [0.5, 0.6) is 0 Å². The highest BCUT2D eigenvalue weighted by atomic mass is 16.5. The molecular formula is C50H68N10O17. The molecule has 420 valence electrons. The summed E-state index contributed by atoms with van der Waals surface area (Å²) in [6.07, 6.45) is -4.19. The summed E-state index contributed by atoms with van der Waals surface area (Å²) in [7, 11) is 1.03. The average Bonchev–Trinajstić information content (AvgIpc) is 3.90. The summed E-state index contributed by atoms with van der Waals surface area (Å²) in [5, 5.41) is 42.9. The van der Waals surface area contributed by atoms with E-state index < -0.39 is 152 Å². The molecule has 1 aliphatic rings. The van der Waals surface area contributed by atoms with Crippen molar-refractivity contribution < 1.29 is 82.3 Å². The molecule has 1 saturated heterocycles. The Kier molecular flexibility index (Phi) is 26.0. The number of aliphatic imine (C=N–C) groups is 1. The molecule has 13 N–H and O–H groups in total. The van der Waals surface area contributed by atoms with Crippen molar-refractivity contribution in [2.24, 2.45) is 22.4 Å². The van der Waals surface area contributed by atoms with Crippen molar-refractivity contribution in [2.45, 2.75) is 133 Å². The van der Waals surface area contributed by atoms with Gasteiger partial charge < -0.3 is 73.1 Å². The molecule has 77 heavy (non-hydrogen) atoms. The fraction of sp³-hybridized carbons (Fsp3) is 0.500. The second-order valence-corrected chi connectivity index (χ2v) is 18.0. The number of Topliss-reactive ketones (excluding diaryl/α,β-unsaturated/α-hetero) is 1. The summed E-state index contributed by atoms with van der Waals surface area (Å²) >= 11 is 0. The number of aliphatic carboxylic acids is 3. The van der Waals surface area contributed by atoms with E-state index in [4.69, 9.17) is 20.9 Å². The Labute approximate surface area is 443 Å². The number of hydrogen-bond acceptors (Lipinski definition) is 15. The number of carbonyl (C=O) groups is 12. The second-order valence-electron chi connectivity index (χ2n) is 18.0. The van der Waals surface area contributed by atoms with Crippen LogP contribution >= 0.6 is 0 Å². The molecule has 1 fully saturated rings. The zero-order valence-corrected chi connectivity index (χ0v) is 42.9. The molecule has 1 heterocycles. The number of ketones is 1. The van der Waals surface area contributed by atoms with Crippen LogP contribution in [0.4, 0.5) is 4.79 Å². The summed E-state index contributed by atoms with van der Waals surface area (Å²) in [4.78, 5) is 163. The first-order valence-electron chi connectivity index (χ1n) is 24.7. The molecule has 0 aliphatic carbocycles. The molecule has 7 amide bonds. The van der Waals surface area contributed by atoms with Gasteiger partial charge in [-0.2, -0.15) is 0 Å². The molecule has 0 saturated carbocycles. The largest absolute Gasteiger partial charge is 0.481 e. The highest BCUT2D eigenvalue weighted by molar-refractivity contribution is 6.39. The van der Waals surface area contributed by atoms with E-state index in [9.17, 15) is 72.9 Å². The minimum atomic E-state index is -1.93. The van der Waals surface area contributed by atoms with Gasteiger partial charge >= 0.3 is 30.0 Å². The summed E-state index contributed by atoms with van der Waals surface area (Å²) in [6.45, 7) is 3.29. The molecule has 8 atom stereocenters. The summed E-state index contributed by atoms with van der Waals surface area (Å²) < 4.78 is 10.0. The van der Waals surface area contributed by atoms with Crippen molar-refractivity contribution in [1.29, 1.82) is 0 Å². The molecule has 0 spiro atoms. The second kappa shape index (κ2) is 31.9. The normalized spacial score (nSPS) is 15.5. The number of benzene rings is 2. The Morgan fingerprint density at radius 3 is 1.83 bits per heavy atom. The third-order valence-corrected chi connectivity index (χ3v) is 12.2. The van der Waals surface area contributed by atoms with Gasteiger partial charge in [0.15, 0.2) is 5.96 Å². The number of ether oxygens (including phenoxy) is 2. The summed E-state index contributed by atoms with van der Waals surface area (Å²) in [6, 6.07) is 5.69. The van der Waals surface area contributed by atoms with E-state index in [0.717, 1.165) is 12.0 Å². The molecule has 3 rings (SSSR count). The summed E-state index contributed by atoms with van der Waals surface area (Å²) in [5.41, 5.74) is 11.7. The molecule has 0 radical (unpaired) electrons. The number of carbonyl (C=O) groups excluding carboxylic acids is 9. The molecule has 27 nitrogen and oxygen atoms in total. The monoisotopic (exact) mass is 1080 g/mol. The minimum absolute atomic E-state index is 0.0147. The number of carboxylic acids is 3. The molecule has 0 bridgehead atoms. The van der Waals surface area contributed by atoms with Crippen molar-refractivity contribution >= 4 is 77.2 Å². The molecule has 0 aromatic heterocycles. The SMILES string of the molecule is CC[C@H](C)[C@H](NC(=O)OCc1ccccc1)C(=O)N[C@@H](CCC(=O)O)C(=O)N1CCC[C@H]1C(=O)N[C@@H](Cc1ccccc1)C(=O)C(=O)N[C@@H](CCC(=O)O)C(=O)N[C@@H](CC(=O)O)C(=O)N[C@@H](CCCN=C(N)N)C(=O)OC. The number of hydrogen-bond donors (Lipinski definition) is 11. The third kappa shape index (κ3) is 21.6. The standard InChI is InChI=1S/C50H68N10O17/c1-4-28(2)40(59-50(75)77-27-30-15-9-6-10-16-30)45(71)55-32(20-22-38(63)64)47(73)60-24-12-18-36(60)44(70)57-34(25-29-13-7-5-8-14-29)41(67)46(72)54-31(19-21-37(61)62)42(68)58-35(26-39(65)66)43(69)56-33(48(74)76-3)17-11-23-53-49(51)52/h5-10,13-16,28,31-36,40H,4,11-12,17-27H2,1-3H3,(H,54,72)(H,55,71)(H,56,69)(H,57,70)(H,58,68)(H,59,75)(H,61,62)(H,63,64)(H,65,66)(H4,51,52,53)/t28-,31-,32-,33-,34-,35-,36-,40-/m0/s1. The number of nitrogens with two attached hydrogens (primary N) is 2. The maximum atomic E-state index is 14.3. The van der Waals surface area contributed by atoms with Gasteiger partial charge in [0.25, 0.3) is 5.91 Å². The molecule has 1 aliphatic heterocycles. The van der Waals surface area contributed by atoms with E-state index in [1.54, 1.807) is 74.5 Å². The maximum Gasteiger partial charge on any atom is 0.408 e. The maximum absolute atomic E-state index is 14.3. The number of esters is 1. The fourth-order valence-corrected chi connectivity index (χ4v) is 7.96. The Hall–Kier alpha value is -8.65. The number of likely N-dealkylation sites (tertiary alicyclic amines) is 1. The lowest BCUT2D eigenvalue weighted by Crippen LogP contribution is -2.59. The van der Waals surface area contributed by atoms with Crippen LogP contribution in [0.25, 0.3) is 0 Å². The zero-order chi connectivity index (χ0) is 57.2. The Bertz CT molecular complexity index is 2440. The van der Waals surface area contributed by atoms with Gasteiger partial charge in [-0.25, -0.2) is 9.59 Å². The van der Waals surface area contributed by atoms with Crippen LogP contribution in [0.2, 0.25) is 0 Å². The van der Waals surface area contributed by atoms with Gasteiger partial charge in [0.2, 0.25) is 35.3 Å². The Morgan fingerprint density at radius 2 is 1.26 bits per heavy atom. The lowest BCUT2D eigenvalue weighted by Gasteiger charge is -2.31. The average molecular weight is 1080 g/mol. The first kappa shape index (κ1) is 62.6. The molecule has 0 unspecified atom stereocenters. The first-order valence-corrected chi connectivity index (χ1v) is 24.7. The number of nitrogens with zero attached hydrogens (tertiary/aromatic N) is 2. The number of guanidine groups is 1. The van der Waals surface area contributed by atoms with Crippen LogP contribution in [0.3, 0.4) is 0 Å². The molecular weight excluding hydrogens is 1010 g/mol. The van der Waals surface area contributed by atoms with E-state index >= 15 is 0 Å². The van der Waals surface area contributed by atoms with Crippen LogP contribution in [0.15, 0.2) is 65.7 Å². The number of methoxy groups -OCH3 is 1. The number of rotatable bonds is 32. The lowest BCUT2D eigenvalue weighted by molar-refractivity contribution is -0.146. The lowest BCUT2D eigenvalue weighted by atomic mass is 9.97. The fourth-order valence-electron chi connectivity index (χ4n) is 7.96. The smallest absolute Gasteiger partial charge is 0.408 e. The van der Waals surface area contributed by atoms with Gasteiger partial charge in [-0.1, -0.05) is 80.9 Å². The number of amides is 7. The van der Waals surface area contributed by atoms with Crippen LogP contribution in [-0.4, -0.2) is 160 Å². The molecule has 27 heteroatoms. The minimum Gasteiger partial charge on any atom is -0.481 e. The van der Waals surface area contributed by atoms with Gasteiger partial charge in [0.05, 0.1) is 13.5 Å². The molecule has 2 aromatic rings. The van der Waals surface area contributed by atoms with E-state index in [2.05, 4.69) is 36.9 Å². The summed E-state index contributed by atoms with van der Waals surface area (Å²) in [5.74, 6) is -14.1. The van der Waals surface area contributed by atoms with Gasteiger partial charge in [-0.05, 0) is 55.6 Å². The Morgan fingerprint density at radius 1 is 0.688 bits per heavy atom. The number of carboxylic acid groups (broad SMARTS) is 3. The van der Waals surface area contributed by atoms with Gasteiger partial charge in [0.1, 0.15) is 48.9 Å². The predicted octanol–water partition coefficient (Wildman–Crippen LogP) is -1.01. The van der Waals surface area contributed by atoms with E-state index in [0.29, 0.717) is 17.5 Å². The van der Waals surface area contributed by atoms with Crippen molar-refractivity contribution in [1.82, 2.24) is 36.8 Å². The van der Waals surface area contributed by atoms with E-state index in [1.165, 1.54) is 0 Å². The predicted molar refractivity (Wildman–Crippen MR) is 270 cm³/mol. The first-order chi connectivity index (χ1) is 36.5. The van der Waals surface area contributed by atoms with Crippen molar-refractivity contribution in [2.75, 3.05) is 20.2 Å². The molecule has 2 aromatic carbocycles. The van der Waals surface area contributed by atoms with E-state index in [-0.39, 0.29) is 57.8 Å². The van der Waals surface area contributed by atoms with Gasteiger partial charge in [-0.3, -0.25) is 52.9 Å². The van der Waals surface area contributed by atoms with Crippen molar-refractivity contribution in [3.05, 3.63) is 71.8 Å². The van der Waals surface area contributed by atoms with Crippen LogP contribution in [-0.2, 0) is 75.2 Å². The van der Waals surface area contributed by atoms with Crippen LogP contribution < -0.4 is 43.4 Å². The number of nitrogens with one attached hydrogen (secondary N) is 6. The van der Waals surface area contributed by atoms with Crippen LogP contribution in [0, 0.1) is 5.92 Å². The third-order valence-electron chi connectivity index (χ3n) is 12.2. The Balaban J connectivity index is 1.87. The highest BCUT2D eigenvalue weighted by Gasteiger charge is 2.41. The number of alkyl carbamates (subject to hydrolysis) is 1.